The molecule has 408 valence electrons. The zero-order valence-corrected chi connectivity index (χ0v) is 50.4. The molecule has 1 nitrogen and oxygen atoms in total. The summed E-state index contributed by atoms with van der Waals surface area (Å²) in [4.78, 5) is 0. The number of nitrogens with zero attached hydrogens (tertiary/aromatic N) is 1. The van der Waals surface area contributed by atoms with Gasteiger partial charge >= 0.3 is 0 Å². The van der Waals surface area contributed by atoms with Crippen LogP contribution in [0.25, 0.3) is 5.57 Å². The Balaban J connectivity index is 1.14. The minimum absolute atomic E-state index is 0.210. The normalized spacial score (nSPS) is 21.1. The molecule has 0 aliphatic heterocycles. The second-order valence-corrected chi connectivity index (χ2v) is 31.3. The number of hydrogen-bond acceptors (Lipinski definition) is 1. The first kappa shape index (κ1) is 60.7. The Morgan fingerprint density at radius 3 is 1.27 bits per heavy atom. The predicted octanol–water partition coefficient (Wildman–Crippen LogP) is 23.4. The fourth-order valence-electron chi connectivity index (χ4n) is 15.8. The fourth-order valence-corrected chi connectivity index (χ4v) is 21.3. The van der Waals surface area contributed by atoms with Gasteiger partial charge in [0.25, 0.3) is 0 Å². The van der Waals surface area contributed by atoms with E-state index < -0.39 is 8.24 Å². The molecule has 2 fully saturated rings. The molecule has 4 aliphatic rings. The van der Waals surface area contributed by atoms with Crippen molar-refractivity contribution in [3.05, 3.63) is 53.1 Å². The van der Waals surface area contributed by atoms with E-state index in [2.05, 4.69) is 95.6 Å². The molecule has 0 N–H and O–H groups in total. The minimum atomic E-state index is -1.80. The molecule has 2 saturated carbocycles. The molecule has 0 bridgehead atoms. The summed E-state index contributed by atoms with van der Waals surface area (Å²) in [6.07, 6.45) is 69.5. The third kappa shape index (κ3) is 19.4. The third-order valence-corrected chi connectivity index (χ3v) is 24.3. The van der Waals surface area contributed by atoms with Crippen molar-refractivity contribution in [2.75, 3.05) is 0 Å². The van der Waals surface area contributed by atoms with Gasteiger partial charge in [0.2, 0.25) is 0 Å². The molecule has 0 radical (unpaired) electrons. The van der Waals surface area contributed by atoms with Crippen molar-refractivity contribution >= 4 is 13.8 Å². The number of hydrogen-bond donors (Lipinski definition) is 0. The van der Waals surface area contributed by atoms with E-state index in [0.29, 0.717) is 11.8 Å². The molecule has 4 aliphatic carbocycles. The fraction of sp³-hybridized carbons (Fsp3) is 0.855. The monoisotopic (exact) mass is 994 g/mol. The number of allylic oxidation sites excluding steroid dienone is 4. The van der Waals surface area contributed by atoms with Gasteiger partial charge in [0.1, 0.15) is 8.24 Å². The summed E-state index contributed by atoms with van der Waals surface area (Å²) in [5, 5.41) is 0. The highest BCUT2D eigenvalue weighted by molar-refractivity contribution is 6.76. The summed E-state index contributed by atoms with van der Waals surface area (Å²) in [5.41, 5.74) is 8.09. The second-order valence-electron chi connectivity index (χ2n) is 26.8. The summed E-state index contributed by atoms with van der Waals surface area (Å²) >= 11 is 0. The summed E-state index contributed by atoms with van der Waals surface area (Å²) in [6, 6.07) is 10.7. The SMILES string of the molecule is CCCCCCCCCCCCCCCCCCCCC1(CCCCCCCCCCCCCCCCCCCC)C2=CC3C(C)CC([Si](C)(C)N(C4CCCCC4)C(C)(C)C)C3C=C2c2ccccc21. The van der Waals surface area contributed by atoms with Crippen molar-refractivity contribution in [2.24, 2.45) is 17.8 Å². The maximum atomic E-state index is 3.20. The topological polar surface area (TPSA) is 3.24 Å². The van der Waals surface area contributed by atoms with E-state index >= 15 is 0 Å². The van der Waals surface area contributed by atoms with Crippen molar-refractivity contribution in [1.82, 2.24) is 4.57 Å². The van der Waals surface area contributed by atoms with Gasteiger partial charge in [0, 0.05) is 17.0 Å². The van der Waals surface area contributed by atoms with Crippen LogP contribution in [0, 0.1) is 17.8 Å². The quantitative estimate of drug-likeness (QED) is 0.0467. The smallest absolute Gasteiger partial charge is 0.126 e. The van der Waals surface area contributed by atoms with Crippen LogP contribution in [0.2, 0.25) is 18.6 Å². The number of benzene rings is 1. The highest BCUT2D eigenvalue weighted by atomic mass is 28.3. The summed E-state index contributed by atoms with van der Waals surface area (Å²) in [5.74, 6) is 2.16. The Bertz CT molecular complexity index is 1550. The molecule has 1 aromatic rings. The average Bonchev–Trinajstić information content (AvgIpc) is 3.83. The lowest BCUT2D eigenvalue weighted by Crippen LogP contribution is -2.64. The largest absolute Gasteiger partial charge is 0.316 e. The Morgan fingerprint density at radius 1 is 0.493 bits per heavy atom. The van der Waals surface area contributed by atoms with Crippen LogP contribution < -0.4 is 0 Å². The highest BCUT2D eigenvalue weighted by Gasteiger charge is 2.56. The van der Waals surface area contributed by atoms with E-state index in [4.69, 9.17) is 0 Å². The number of fused-ring (bicyclic) bond motifs is 4. The lowest BCUT2D eigenvalue weighted by molar-refractivity contribution is 0.140. The van der Waals surface area contributed by atoms with E-state index in [0.717, 1.165) is 17.5 Å². The summed E-state index contributed by atoms with van der Waals surface area (Å²) in [7, 11) is -1.80. The van der Waals surface area contributed by atoms with Crippen LogP contribution in [0.5, 0.6) is 0 Å². The first-order valence-corrected chi connectivity index (χ1v) is 35.9. The molecule has 71 heavy (non-hydrogen) atoms. The molecular formula is C69H123NSi. The van der Waals surface area contributed by atoms with Gasteiger partial charge in [0.15, 0.2) is 0 Å². The highest BCUT2D eigenvalue weighted by Crippen LogP contribution is 2.63. The minimum Gasteiger partial charge on any atom is -0.316 e. The molecule has 4 atom stereocenters. The van der Waals surface area contributed by atoms with Crippen LogP contribution in [0.1, 0.15) is 335 Å². The Morgan fingerprint density at radius 2 is 0.873 bits per heavy atom. The van der Waals surface area contributed by atoms with Crippen LogP contribution in [0.3, 0.4) is 0 Å². The molecule has 2 heteroatoms. The van der Waals surface area contributed by atoms with Gasteiger partial charge in [-0.25, -0.2) is 0 Å². The summed E-state index contributed by atoms with van der Waals surface area (Å²) < 4.78 is 3.20. The van der Waals surface area contributed by atoms with Crippen LogP contribution in [0.15, 0.2) is 42.0 Å². The van der Waals surface area contributed by atoms with Crippen molar-refractivity contribution in [3.63, 3.8) is 0 Å². The van der Waals surface area contributed by atoms with E-state index in [1.807, 2.05) is 0 Å². The summed E-state index contributed by atoms with van der Waals surface area (Å²) in [6.45, 7) is 20.6. The molecule has 1 aromatic carbocycles. The van der Waals surface area contributed by atoms with E-state index in [1.165, 1.54) is 283 Å². The zero-order chi connectivity index (χ0) is 50.6. The van der Waals surface area contributed by atoms with Gasteiger partial charge in [-0.3, -0.25) is 0 Å². The lowest BCUT2D eigenvalue weighted by Gasteiger charge is -2.55. The van der Waals surface area contributed by atoms with Gasteiger partial charge in [-0.2, -0.15) is 0 Å². The second kappa shape index (κ2) is 33.8. The van der Waals surface area contributed by atoms with E-state index in [-0.39, 0.29) is 11.0 Å². The van der Waals surface area contributed by atoms with Gasteiger partial charge in [-0.15, -0.1) is 0 Å². The van der Waals surface area contributed by atoms with Crippen LogP contribution in [0.4, 0.5) is 0 Å². The number of rotatable bonds is 41. The van der Waals surface area contributed by atoms with Gasteiger partial charge in [-0.1, -0.05) is 321 Å². The van der Waals surface area contributed by atoms with Crippen molar-refractivity contribution < 1.29 is 0 Å². The maximum Gasteiger partial charge on any atom is 0.126 e. The lowest BCUT2D eigenvalue weighted by atomic mass is 9.67. The van der Waals surface area contributed by atoms with Gasteiger partial charge in [-0.05, 0) is 98.4 Å². The molecule has 0 heterocycles. The first-order valence-electron chi connectivity index (χ1n) is 32.9. The number of unbranched alkanes of at least 4 members (excludes halogenated alkanes) is 34. The van der Waals surface area contributed by atoms with Crippen molar-refractivity contribution in [3.8, 4) is 0 Å². The molecule has 5 rings (SSSR count). The van der Waals surface area contributed by atoms with Crippen LogP contribution in [-0.2, 0) is 5.41 Å². The molecule has 0 aromatic heterocycles. The Kier molecular flexibility index (Phi) is 28.9. The standard InChI is InChI=1S/C69H123NSi/c1-9-11-13-15-17-19-21-23-25-27-29-31-33-35-37-39-41-48-54-69(55-49-42-40-38-36-34-32-30-28-26-24-22-20-18-16-14-12-10-2)65-53-47-46-52-61(65)63-57-64-62(58-66(63)69)59(3)56-67(64)71(7,8)70(68(4,5)6)60-50-44-43-45-51-60/h46-47,52-53,57-60,62,64,67H,9-45,48-51,54-56H2,1-8H3. The molecule has 0 spiro atoms. The van der Waals surface area contributed by atoms with Crippen LogP contribution >= 0.6 is 0 Å². The van der Waals surface area contributed by atoms with Crippen LogP contribution in [-0.4, -0.2) is 24.4 Å². The van der Waals surface area contributed by atoms with Gasteiger partial charge < -0.3 is 4.57 Å². The van der Waals surface area contributed by atoms with Crippen molar-refractivity contribution in [1.29, 1.82) is 0 Å². The molecular weight excluding hydrogens is 871 g/mol. The zero-order valence-electron chi connectivity index (χ0n) is 49.4. The molecule has 0 amide bonds. The van der Waals surface area contributed by atoms with E-state index in [1.54, 1.807) is 22.3 Å². The molecule has 4 unspecified atom stereocenters. The first-order chi connectivity index (χ1) is 34.6. The van der Waals surface area contributed by atoms with Crippen molar-refractivity contribution in [2.45, 2.75) is 360 Å². The maximum absolute atomic E-state index is 3.20. The van der Waals surface area contributed by atoms with Gasteiger partial charge in [0.05, 0.1) is 0 Å². The third-order valence-electron chi connectivity index (χ3n) is 19.6. The Labute approximate surface area is 446 Å². The predicted molar refractivity (Wildman–Crippen MR) is 321 cm³/mol. The molecule has 0 saturated heterocycles. The van der Waals surface area contributed by atoms with E-state index in [9.17, 15) is 0 Å². The average molecular weight is 995 g/mol. The Hall–Kier alpha value is -1.12.